The fourth-order valence-electron chi connectivity index (χ4n) is 1.63. The molecule has 0 aliphatic carbocycles. The number of nitrogens with zero attached hydrogens (tertiary/aromatic N) is 1. The van der Waals surface area contributed by atoms with E-state index in [1.807, 2.05) is 37.3 Å². The third-order valence-corrected chi connectivity index (χ3v) is 5.39. The van der Waals surface area contributed by atoms with Gasteiger partial charge in [-0.25, -0.2) is 0 Å². The van der Waals surface area contributed by atoms with Crippen molar-refractivity contribution >= 4 is 45.4 Å². The summed E-state index contributed by atoms with van der Waals surface area (Å²) in [7, 11) is 0. The predicted octanol–water partition coefficient (Wildman–Crippen LogP) is 3.80. The number of thioether (sulfide) groups is 2. The van der Waals surface area contributed by atoms with Crippen LogP contribution in [-0.4, -0.2) is 11.7 Å². The second-order valence-corrected chi connectivity index (χ2v) is 7.30. The van der Waals surface area contributed by atoms with Gasteiger partial charge in [0.15, 0.2) is 0 Å². The molecule has 0 radical (unpaired) electrons. The predicted molar refractivity (Wildman–Crippen MR) is 83.4 cm³/mol. The van der Waals surface area contributed by atoms with Gasteiger partial charge in [0.2, 0.25) is 0 Å². The highest BCUT2D eigenvalue weighted by molar-refractivity contribution is 9.10. The lowest BCUT2D eigenvalue weighted by Crippen LogP contribution is -2.31. The van der Waals surface area contributed by atoms with Gasteiger partial charge in [-0.15, -0.1) is 11.8 Å². The summed E-state index contributed by atoms with van der Waals surface area (Å²) in [5.74, 6) is 0.550. The van der Waals surface area contributed by atoms with Crippen molar-refractivity contribution < 1.29 is 4.79 Å². The summed E-state index contributed by atoms with van der Waals surface area (Å²) in [6, 6.07) is 9.81. The summed E-state index contributed by atoms with van der Waals surface area (Å²) in [4.78, 5) is 11.9. The minimum atomic E-state index is -0.290. The molecule has 1 aromatic rings. The number of hydrogen-bond donors (Lipinski definition) is 1. The van der Waals surface area contributed by atoms with Crippen LogP contribution in [0.2, 0.25) is 0 Å². The van der Waals surface area contributed by atoms with Crippen molar-refractivity contribution in [3.05, 3.63) is 44.1 Å². The smallest absolute Gasteiger partial charge is 0.264 e. The molecule has 1 N–H and O–H groups in total. The lowest BCUT2D eigenvalue weighted by atomic mass is 10.2. The molecule has 19 heavy (non-hydrogen) atoms. The van der Waals surface area contributed by atoms with Crippen LogP contribution in [0.4, 0.5) is 0 Å². The van der Waals surface area contributed by atoms with Gasteiger partial charge in [-0.3, -0.25) is 4.79 Å². The quantitative estimate of drug-likeness (QED) is 0.896. The summed E-state index contributed by atoms with van der Waals surface area (Å²) in [5, 5.41) is 11.8. The molecule has 98 valence electrons. The minimum Gasteiger partial charge on any atom is -0.335 e. The normalized spacial score (nSPS) is 19.0. The van der Waals surface area contributed by atoms with Crippen LogP contribution in [0.15, 0.2) is 38.5 Å². The summed E-state index contributed by atoms with van der Waals surface area (Å²) in [5.41, 5.74) is 1.24. The summed E-state index contributed by atoms with van der Waals surface area (Å²) in [6.45, 7) is 2.01. The average molecular weight is 355 g/mol. The largest absolute Gasteiger partial charge is 0.335 e. The number of carbonyl (C=O) groups is 1. The van der Waals surface area contributed by atoms with Gasteiger partial charge in [0.05, 0.1) is 4.24 Å². The Labute approximate surface area is 129 Å². The maximum atomic E-state index is 11.9. The molecule has 1 heterocycles. The molecule has 0 spiro atoms. The topological polar surface area (TPSA) is 52.9 Å². The number of rotatable bonds is 3. The standard InChI is InChI=1S/C13H11BrN2OS2/c1-2-18-13-10(7-15)11(17)16-12(19-13)8-4-3-5-9(14)6-8/h3-6,12H,2H2,1H3,(H,16,17)/t12-/m0/s1. The Kier molecular flexibility index (Phi) is 4.97. The summed E-state index contributed by atoms with van der Waals surface area (Å²) < 4.78 is 1.78. The van der Waals surface area contributed by atoms with E-state index in [1.54, 1.807) is 0 Å². The SMILES string of the molecule is CCSC1=C(C#N)C(=O)N[C@H](c2cccc(Br)c2)S1. The molecule has 2 rings (SSSR count). The van der Waals surface area contributed by atoms with E-state index in [4.69, 9.17) is 5.26 Å². The van der Waals surface area contributed by atoms with Gasteiger partial charge < -0.3 is 5.32 Å². The van der Waals surface area contributed by atoms with Crippen molar-refractivity contribution in [2.75, 3.05) is 5.75 Å². The zero-order valence-corrected chi connectivity index (χ0v) is 13.4. The molecule has 0 saturated heterocycles. The van der Waals surface area contributed by atoms with E-state index in [2.05, 4.69) is 21.2 Å². The number of halogens is 1. The number of hydrogen-bond acceptors (Lipinski definition) is 4. The molecule has 3 nitrogen and oxygen atoms in total. The Morgan fingerprint density at radius 1 is 1.58 bits per heavy atom. The molecule has 1 aromatic carbocycles. The highest BCUT2D eigenvalue weighted by Crippen LogP contribution is 2.43. The molecular formula is C13H11BrN2OS2. The molecule has 1 atom stereocenters. The Bertz CT molecular complexity index is 580. The fraction of sp³-hybridized carbons (Fsp3) is 0.231. The van der Waals surface area contributed by atoms with E-state index in [1.165, 1.54) is 23.5 Å². The first-order chi connectivity index (χ1) is 9.15. The molecule has 0 bridgehead atoms. The Hall–Kier alpha value is -0.900. The first-order valence-electron chi connectivity index (χ1n) is 5.66. The second kappa shape index (κ2) is 6.51. The van der Waals surface area contributed by atoms with Crippen LogP contribution in [0.25, 0.3) is 0 Å². The second-order valence-electron chi connectivity index (χ2n) is 3.73. The van der Waals surface area contributed by atoms with Crippen LogP contribution in [0.5, 0.6) is 0 Å². The minimum absolute atomic E-state index is 0.142. The molecule has 1 aliphatic heterocycles. The third-order valence-electron chi connectivity index (χ3n) is 2.46. The number of benzene rings is 1. The molecule has 6 heteroatoms. The highest BCUT2D eigenvalue weighted by atomic mass is 79.9. The van der Waals surface area contributed by atoms with E-state index < -0.39 is 0 Å². The molecular weight excluding hydrogens is 344 g/mol. The summed E-state index contributed by atoms with van der Waals surface area (Å²) >= 11 is 6.48. The van der Waals surface area contributed by atoms with Gasteiger partial charge in [-0.2, -0.15) is 5.26 Å². The van der Waals surface area contributed by atoms with Gasteiger partial charge in [-0.05, 0) is 23.4 Å². The maximum Gasteiger partial charge on any atom is 0.264 e. The van der Waals surface area contributed by atoms with Crippen LogP contribution in [0.3, 0.4) is 0 Å². The Morgan fingerprint density at radius 3 is 3.00 bits per heavy atom. The van der Waals surface area contributed by atoms with Crippen LogP contribution in [0, 0.1) is 11.3 Å². The van der Waals surface area contributed by atoms with Gasteiger partial charge >= 0.3 is 0 Å². The monoisotopic (exact) mass is 354 g/mol. The van der Waals surface area contributed by atoms with Crippen molar-refractivity contribution in [2.24, 2.45) is 0 Å². The first kappa shape index (κ1) is 14.5. The number of amides is 1. The number of nitriles is 1. The van der Waals surface area contributed by atoms with Crippen LogP contribution >= 0.6 is 39.5 Å². The lowest BCUT2D eigenvalue weighted by molar-refractivity contribution is -0.117. The van der Waals surface area contributed by atoms with Crippen molar-refractivity contribution in [3.8, 4) is 6.07 Å². The van der Waals surface area contributed by atoms with E-state index in [-0.39, 0.29) is 16.9 Å². The van der Waals surface area contributed by atoms with Gasteiger partial charge in [0.1, 0.15) is 17.0 Å². The lowest BCUT2D eigenvalue weighted by Gasteiger charge is -2.25. The Balaban J connectivity index is 2.31. The third kappa shape index (κ3) is 3.35. The van der Waals surface area contributed by atoms with E-state index >= 15 is 0 Å². The zero-order chi connectivity index (χ0) is 13.8. The Morgan fingerprint density at radius 2 is 2.37 bits per heavy atom. The number of carbonyl (C=O) groups excluding carboxylic acids is 1. The number of nitrogens with one attached hydrogen (secondary N) is 1. The zero-order valence-electron chi connectivity index (χ0n) is 10.1. The van der Waals surface area contributed by atoms with Crippen molar-refractivity contribution in [1.82, 2.24) is 5.32 Å². The van der Waals surface area contributed by atoms with Gasteiger partial charge in [0.25, 0.3) is 5.91 Å². The van der Waals surface area contributed by atoms with E-state index in [9.17, 15) is 4.79 Å². The molecule has 0 saturated carbocycles. The van der Waals surface area contributed by atoms with Crippen molar-refractivity contribution in [2.45, 2.75) is 12.3 Å². The average Bonchev–Trinajstić information content (AvgIpc) is 2.39. The first-order valence-corrected chi connectivity index (χ1v) is 8.31. The summed E-state index contributed by atoms with van der Waals surface area (Å²) in [6.07, 6.45) is 0. The molecule has 1 amide bonds. The molecule has 1 aliphatic rings. The van der Waals surface area contributed by atoms with Gasteiger partial charge in [-0.1, -0.05) is 46.7 Å². The fourth-order valence-corrected chi connectivity index (χ4v) is 4.43. The van der Waals surface area contributed by atoms with Crippen LogP contribution in [0.1, 0.15) is 17.9 Å². The molecule has 0 fully saturated rings. The van der Waals surface area contributed by atoms with Crippen LogP contribution < -0.4 is 5.32 Å². The van der Waals surface area contributed by atoms with E-state index in [0.29, 0.717) is 0 Å². The van der Waals surface area contributed by atoms with Crippen molar-refractivity contribution in [1.29, 1.82) is 5.26 Å². The van der Waals surface area contributed by atoms with E-state index in [0.717, 1.165) is 20.0 Å². The molecule has 0 unspecified atom stereocenters. The molecule has 0 aromatic heterocycles. The highest BCUT2D eigenvalue weighted by Gasteiger charge is 2.28. The van der Waals surface area contributed by atoms with Crippen LogP contribution in [-0.2, 0) is 4.79 Å². The van der Waals surface area contributed by atoms with Crippen molar-refractivity contribution in [3.63, 3.8) is 0 Å². The maximum absolute atomic E-state index is 11.9. The van der Waals surface area contributed by atoms with Gasteiger partial charge in [0, 0.05) is 4.47 Å².